The molecule has 3 heterocycles. The molecule has 8 heteroatoms. The molecule has 1 aliphatic rings. The van der Waals surface area contributed by atoms with Crippen molar-refractivity contribution in [2.45, 2.75) is 38.6 Å². The van der Waals surface area contributed by atoms with Crippen molar-refractivity contribution in [1.82, 2.24) is 25.4 Å². The number of nitrogens with one attached hydrogen (secondary N) is 1. The number of ether oxygens (including phenoxy) is 1. The fourth-order valence-corrected chi connectivity index (χ4v) is 2.67. The molecule has 0 aromatic carbocycles. The van der Waals surface area contributed by atoms with E-state index in [0.717, 1.165) is 12.8 Å². The van der Waals surface area contributed by atoms with E-state index in [4.69, 9.17) is 9.26 Å². The van der Waals surface area contributed by atoms with Crippen LogP contribution in [0.3, 0.4) is 0 Å². The van der Waals surface area contributed by atoms with Crippen LogP contribution in [0.4, 0.5) is 0 Å². The van der Waals surface area contributed by atoms with Crippen LogP contribution in [-0.4, -0.2) is 39.2 Å². The minimum atomic E-state index is -0.358. The molecule has 24 heavy (non-hydrogen) atoms. The Hall–Kier alpha value is -2.35. The van der Waals surface area contributed by atoms with Gasteiger partial charge in [-0.05, 0) is 18.8 Å². The van der Waals surface area contributed by atoms with Crippen LogP contribution in [0.15, 0.2) is 23.1 Å². The highest BCUT2D eigenvalue weighted by atomic mass is 16.5. The van der Waals surface area contributed by atoms with Gasteiger partial charge in [0.1, 0.15) is 11.7 Å². The van der Waals surface area contributed by atoms with E-state index in [1.807, 2.05) is 13.8 Å². The average Bonchev–Trinajstić information content (AvgIpc) is 3.11. The molecule has 2 aromatic heterocycles. The maximum absolute atomic E-state index is 12.5. The molecular weight excluding hydrogens is 310 g/mol. The Morgan fingerprint density at radius 2 is 2.08 bits per heavy atom. The lowest BCUT2D eigenvalue weighted by Gasteiger charge is -2.28. The molecule has 0 aliphatic carbocycles. The van der Waals surface area contributed by atoms with E-state index in [0.29, 0.717) is 24.9 Å². The van der Waals surface area contributed by atoms with Gasteiger partial charge in [0.15, 0.2) is 5.82 Å². The molecule has 128 valence electrons. The molecule has 0 spiro atoms. The minimum absolute atomic E-state index is 0.161. The first-order chi connectivity index (χ1) is 11.6. The molecule has 0 saturated carbocycles. The molecule has 2 aromatic rings. The number of amides is 1. The molecule has 1 aliphatic heterocycles. The van der Waals surface area contributed by atoms with Gasteiger partial charge in [-0.25, -0.2) is 4.98 Å². The van der Waals surface area contributed by atoms with E-state index in [1.54, 1.807) is 0 Å². The number of carbonyl (C=O) groups is 1. The van der Waals surface area contributed by atoms with Gasteiger partial charge in [-0.1, -0.05) is 19.0 Å². The van der Waals surface area contributed by atoms with Crippen LogP contribution >= 0.6 is 0 Å². The first-order valence-electron chi connectivity index (χ1n) is 8.13. The predicted octanol–water partition coefficient (Wildman–Crippen LogP) is 1.88. The van der Waals surface area contributed by atoms with E-state index in [2.05, 4.69) is 25.4 Å². The lowest BCUT2D eigenvalue weighted by atomic mass is 9.91. The van der Waals surface area contributed by atoms with Gasteiger partial charge in [-0.3, -0.25) is 9.78 Å². The zero-order chi connectivity index (χ0) is 16.9. The summed E-state index contributed by atoms with van der Waals surface area (Å²) in [5, 5.41) is 6.99. The predicted molar refractivity (Wildman–Crippen MR) is 84.2 cm³/mol. The topological polar surface area (TPSA) is 103 Å². The molecule has 1 saturated heterocycles. The summed E-state index contributed by atoms with van der Waals surface area (Å²) in [7, 11) is 0. The fourth-order valence-electron chi connectivity index (χ4n) is 2.67. The van der Waals surface area contributed by atoms with Crippen LogP contribution in [0.25, 0.3) is 0 Å². The van der Waals surface area contributed by atoms with Crippen molar-refractivity contribution >= 4 is 5.91 Å². The van der Waals surface area contributed by atoms with Gasteiger partial charge in [0.25, 0.3) is 5.91 Å². The fraction of sp³-hybridized carbons (Fsp3) is 0.562. The molecule has 1 N–H and O–H groups in total. The van der Waals surface area contributed by atoms with Crippen molar-refractivity contribution in [1.29, 1.82) is 0 Å². The average molecular weight is 331 g/mol. The summed E-state index contributed by atoms with van der Waals surface area (Å²) >= 11 is 0. The largest absolute Gasteiger partial charge is 0.381 e. The van der Waals surface area contributed by atoms with Gasteiger partial charge in [0, 0.05) is 31.5 Å². The van der Waals surface area contributed by atoms with E-state index < -0.39 is 0 Å². The molecule has 0 radical (unpaired) electrons. The van der Waals surface area contributed by atoms with Gasteiger partial charge in [0.05, 0.1) is 6.20 Å². The van der Waals surface area contributed by atoms with Crippen molar-refractivity contribution in [3.05, 3.63) is 36.0 Å². The highest BCUT2D eigenvalue weighted by Crippen LogP contribution is 2.30. The Labute approximate surface area is 140 Å². The van der Waals surface area contributed by atoms with Crippen LogP contribution in [-0.2, 0) is 4.74 Å². The van der Waals surface area contributed by atoms with Crippen molar-refractivity contribution in [3.63, 3.8) is 0 Å². The summed E-state index contributed by atoms with van der Waals surface area (Å²) < 4.78 is 10.8. The van der Waals surface area contributed by atoms with E-state index in [-0.39, 0.29) is 29.5 Å². The number of nitrogens with zero attached hydrogens (tertiary/aromatic N) is 4. The molecule has 0 bridgehead atoms. The van der Waals surface area contributed by atoms with E-state index in [1.165, 1.54) is 18.6 Å². The summed E-state index contributed by atoms with van der Waals surface area (Å²) in [6.45, 7) is 5.31. The third-order valence-electron chi connectivity index (χ3n) is 4.06. The maximum Gasteiger partial charge on any atom is 0.272 e. The van der Waals surface area contributed by atoms with Crippen LogP contribution in [0.1, 0.15) is 60.9 Å². The van der Waals surface area contributed by atoms with Crippen molar-refractivity contribution in [3.8, 4) is 0 Å². The molecule has 1 amide bonds. The first-order valence-corrected chi connectivity index (χ1v) is 8.13. The smallest absolute Gasteiger partial charge is 0.272 e. The zero-order valence-electron chi connectivity index (χ0n) is 13.8. The molecule has 0 unspecified atom stereocenters. The summed E-state index contributed by atoms with van der Waals surface area (Å²) in [6.07, 6.45) is 6.10. The van der Waals surface area contributed by atoms with Crippen molar-refractivity contribution < 1.29 is 14.1 Å². The van der Waals surface area contributed by atoms with Gasteiger partial charge in [-0.15, -0.1) is 0 Å². The van der Waals surface area contributed by atoms with Gasteiger partial charge >= 0.3 is 0 Å². The SMILES string of the molecule is CC(C)c1noc([C@H](NC(=O)c2cnccn2)C2CCOCC2)n1. The summed E-state index contributed by atoms with van der Waals surface area (Å²) in [5.41, 5.74) is 0.262. The second-order valence-corrected chi connectivity index (χ2v) is 6.14. The van der Waals surface area contributed by atoms with Gasteiger partial charge in [-0.2, -0.15) is 4.98 Å². The molecule has 8 nitrogen and oxygen atoms in total. The highest BCUT2D eigenvalue weighted by Gasteiger charge is 2.32. The Morgan fingerprint density at radius 1 is 1.29 bits per heavy atom. The number of rotatable bonds is 5. The maximum atomic E-state index is 12.5. The van der Waals surface area contributed by atoms with Crippen LogP contribution in [0, 0.1) is 5.92 Å². The first kappa shape index (κ1) is 16.5. The second kappa shape index (κ2) is 7.48. The lowest BCUT2D eigenvalue weighted by molar-refractivity contribution is 0.0467. The van der Waals surface area contributed by atoms with E-state index >= 15 is 0 Å². The number of aromatic nitrogens is 4. The monoisotopic (exact) mass is 331 g/mol. The highest BCUT2D eigenvalue weighted by molar-refractivity contribution is 5.92. The summed E-state index contributed by atoms with van der Waals surface area (Å²) in [6, 6.07) is -0.358. The molecular formula is C16H21N5O3. The zero-order valence-corrected chi connectivity index (χ0v) is 13.8. The van der Waals surface area contributed by atoms with Crippen molar-refractivity contribution in [2.75, 3.05) is 13.2 Å². The number of hydrogen-bond donors (Lipinski definition) is 1. The Bertz CT molecular complexity index is 667. The third-order valence-corrected chi connectivity index (χ3v) is 4.06. The van der Waals surface area contributed by atoms with E-state index in [9.17, 15) is 4.79 Å². The lowest BCUT2D eigenvalue weighted by Crippen LogP contribution is -2.36. The van der Waals surface area contributed by atoms with Gasteiger partial charge in [0.2, 0.25) is 5.89 Å². The molecule has 3 rings (SSSR count). The number of hydrogen-bond acceptors (Lipinski definition) is 7. The normalized spacial score (nSPS) is 17.0. The molecule has 1 fully saturated rings. The summed E-state index contributed by atoms with van der Waals surface area (Å²) in [4.78, 5) is 24.9. The Morgan fingerprint density at radius 3 is 2.71 bits per heavy atom. The van der Waals surface area contributed by atoms with Crippen LogP contribution in [0.2, 0.25) is 0 Å². The number of carbonyl (C=O) groups excluding carboxylic acids is 1. The summed E-state index contributed by atoms with van der Waals surface area (Å²) in [5.74, 6) is 1.11. The van der Waals surface area contributed by atoms with Crippen LogP contribution in [0.5, 0.6) is 0 Å². The van der Waals surface area contributed by atoms with Crippen molar-refractivity contribution in [2.24, 2.45) is 5.92 Å². The van der Waals surface area contributed by atoms with Gasteiger partial charge < -0.3 is 14.6 Å². The second-order valence-electron chi connectivity index (χ2n) is 6.14. The molecule has 1 atom stereocenters. The standard InChI is InChI=1S/C16H21N5O3/c1-10(2)14-20-16(24-21-14)13(11-3-7-23-8-4-11)19-15(22)12-9-17-5-6-18-12/h5-6,9-11,13H,3-4,7-8H2,1-2H3,(H,19,22)/t13-/m1/s1. The minimum Gasteiger partial charge on any atom is -0.381 e. The van der Waals surface area contributed by atoms with Crippen LogP contribution < -0.4 is 5.32 Å². The third kappa shape index (κ3) is 3.76. The Kier molecular flexibility index (Phi) is 5.14. The quantitative estimate of drug-likeness (QED) is 0.892. The Balaban J connectivity index is 1.82.